The van der Waals surface area contributed by atoms with Crippen molar-refractivity contribution in [3.05, 3.63) is 35.4 Å². The molecule has 0 aromatic heterocycles. The molecule has 16 heteroatoms. The molecule has 0 saturated heterocycles. The topological polar surface area (TPSA) is 46.5 Å². The zero-order valence-corrected chi connectivity index (χ0v) is 16.9. The molecule has 0 fully saturated rings. The molecule has 0 radical (unpaired) electrons. The Labute approximate surface area is 182 Å². The Hall–Kier alpha value is -2.26. The predicted octanol–water partition coefficient (Wildman–Crippen LogP) is 6.20. The molecule has 1 aromatic rings. The van der Waals surface area contributed by atoms with Crippen molar-refractivity contribution in [1.82, 2.24) is 0 Å². The highest BCUT2D eigenvalue weighted by molar-refractivity contribution is 5.91. The van der Waals surface area contributed by atoms with Crippen molar-refractivity contribution in [3.8, 4) is 0 Å². The van der Waals surface area contributed by atoms with Gasteiger partial charge in [-0.3, -0.25) is 0 Å². The van der Waals surface area contributed by atoms with Crippen molar-refractivity contribution in [1.29, 1.82) is 0 Å². The maximum atomic E-state index is 14.2. The minimum absolute atomic E-state index is 0.260. The smallest absolute Gasteiger partial charge is 0.460 e. The second-order valence-electron chi connectivity index (χ2n) is 7.22. The number of ether oxygens (including phenoxy) is 1. The molecule has 3 nitrogen and oxygen atoms in total. The lowest BCUT2D eigenvalue weighted by molar-refractivity contribution is -0.441. The van der Waals surface area contributed by atoms with Crippen LogP contribution in [0.25, 0.3) is 0 Å². The van der Waals surface area contributed by atoms with Gasteiger partial charge in [0.05, 0.1) is 24.2 Å². The van der Waals surface area contributed by atoms with E-state index in [-0.39, 0.29) is 13.5 Å². The van der Waals surface area contributed by atoms with Crippen molar-refractivity contribution in [2.24, 2.45) is 0 Å². The first-order valence-corrected chi connectivity index (χ1v) is 8.87. The van der Waals surface area contributed by atoms with E-state index in [1.165, 1.54) is 6.92 Å². The van der Waals surface area contributed by atoms with Crippen molar-refractivity contribution in [3.63, 3.8) is 0 Å². The van der Waals surface area contributed by atoms with Gasteiger partial charge in [0, 0.05) is 0 Å². The number of esters is 1. The Morgan fingerprint density at radius 2 is 1.24 bits per heavy atom. The van der Waals surface area contributed by atoms with E-state index in [1.54, 1.807) is 0 Å². The molecule has 196 valence electrons. The van der Waals surface area contributed by atoms with E-state index < -0.39 is 64.9 Å². The molecule has 0 aliphatic carbocycles. The average molecular weight is 526 g/mol. The van der Waals surface area contributed by atoms with Gasteiger partial charge in [-0.25, -0.2) is 4.79 Å². The summed E-state index contributed by atoms with van der Waals surface area (Å²) in [4.78, 5) is 11.9. The highest BCUT2D eigenvalue weighted by atomic mass is 19.4. The molecule has 0 amide bonds. The Kier molecular flexibility index (Phi) is 7.66. The quantitative estimate of drug-likeness (QED) is 0.308. The first-order chi connectivity index (χ1) is 14.9. The molecule has 0 heterocycles. The Balaban J connectivity index is 3.53. The molecule has 1 N–H and O–H groups in total. The highest BCUT2D eigenvalue weighted by Gasteiger charge is 2.90. The minimum atomic E-state index is -8.04. The Morgan fingerprint density at radius 3 is 1.68 bits per heavy atom. The fourth-order valence-corrected chi connectivity index (χ4v) is 2.78. The fraction of sp³-hybridized carbons (Fsp3) is 0.611. The first kappa shape index (κ1) is 29.8. The molecule has 0 saturated carbocycles. The van der Waals surface area contributed by atoms with Gasteiger partial charge < -0.3 is 9.84 Å². The van der Waals surface area contributed by atoms with Gasteiger partial charge >= 0.3 is 41.8 Å². The van der Waals surface area contributed by atoms with Crippen LogP contribution in [0.1, 0.15) is 36.2 Å². The summed E-state index contributed by atoms with van der Waals surface area (Å²) in [6.07, 6.45) is -10.4. The molecule has 34 heavy (non-hydrogen) atoms. The van der Waals surface area contributed by atoms with E-state index in [4.69, 9.17) is 0 Å². The zero-order chi connectivity index (χ0) is 27.2. The largest absolute Gasteiger partial charge is 0.462 e. The summed E-state index contributed by atoms with van der Waals surface area (Å²) in [5, 5.41) is 10.3. The number of rotatable bonds is 9. The van der Waals surface area contributed by atoms with Crippen LogP contribution in [0.5, 0.6) is 0 Å². The Morgan fingerprint density at radius 1 is 0.794 bits per heavy atom. The number of carbonyl (C=O) groups excluding carboxylic acids is 1. The average Bonchev–Trinajstić information content (AvgIpc) is 2.65. The molecule has 0 aliphatic heterocycles. The van der Waals surface area contributed by atoms with Crippen LogP contribution in [0, 0.1) is 0 Å². The van der Waals surface area contributed by atoms with Crippen molar-refractivity contribution in [2.45, 2.75) is 61.7 Å². The molecule has 1 rings (SSSR count). The number of benzene rings is 1. The third kappa shape index (κ3) is 4.64. The zero-order valence-electron chi connectivity index (χ0n) is 16.9. The van der Waals surface area contributed by atoms with Crippen molar-refractivity contribution >= 4 is 5.97 Å². The standard InChI is InChI=1S/C18H15F13O3/c1-3-34-11(32)9-6-4-5-7-10(9)12(2,33)8-13(19,20)14(21,22)15(23,24)16(25,26)17(27,28)18(29,30)31/h4-7,33H,3,8H2,1-2H3. The monoisotopic (exact) mass is 526 g/mol. The van der Waals surface area contributed by atoms with Crippen LogP contribution in [0.2, 0.25) is 0 Å². The minimum Gasteiger partial charge on any atom is -0.462 e. The van der Waals surface area contributed by atoms with Gasteiger partial charge in [0.25, 0.3) is 0 Å². The lowest BCUT2D eigenvalue weighted by Gasteiger charge is -2.41. The van der Waals surface area contributed by atoms with Crippen LogP contribution < -0.4 is 0 Å². The normalized spacial score (nSPS) is 16.2. The summed E-state index contributed by atoms with van der Waals surface area (Å²) in [6.45, 7) is 1.24. The van der Waals surface area contributed by atoms with Crippen LogP contribution in [0.4, 0.5) is 57.1 Å². The van der Waals surface area contributed by atoms with Gasteiger partial charge in [-0.2, -0.15) is 57.1 Å². The molecule has 0 bridgehead atoms. The number of aliphatic hydroxyl groups is 1. The van der Waals surface area contributed by atoms with Gasteiger partial charge in [-0.1, -0.05) is 18.2 Å². The van der Waals surface area contributed by atoms with Crippen molar-refractivity contribution in [2.75, 3.05) is 6.61 Å². The second-order valence-corrected chi connectivity index (χ2v) is 7.22. The number of carbonyl (C=O) groups is 1. The van der Waals surface area contributed by atoms with E-state index in [1.807, 2.05) is 0 Å². The molecule has 0 spiro atoms. The number of halogens is 13. The number of alkyl halides is 13. The van der Waals surface area contributed by atoms with E-state index in [2.05, 4.69) is 4.74 Å². The maximum Gasteiger partial charge on any atom is 0.460 e. The molecule has 1 unspecified atom stereocenters. The van der Waals surface area contributed by atoms with Gasteiger partial charge in [0.2, 0.25) is 0 Å². The van der Waals surface area contributed by atoms with Crippen LogP contribution in [0.15, 0.2) is 24.3 Å². The van der Waals surface area contributed by atoms with Crippen LogP contribution in [0.3, 0.4) is 0 Å². The fourth-order valence-electron chi connectivity index (χ4n) is 2.78. The van der Waals surface area contributed by atoms with E-state index >= 15 is 0 Å². The number of hydrogen-bond acceptors (Lipinski definition) is 3. The third-order valence-corrected chi connectivity index (χ3v) is 4.57. The first-order valence-electron chi connectivity index (χ1n) is 8.87. The highest BCUT2D eigenvalue weighted by Crippen LogP contribution is 2.61. The van der Waals surface area contributed by atoms with Crippen LogP contribution >= 0.6 is 0 Å². The summed E-state index contributed by atoms with van der Waals surface area (Å²) in [7, 11) is 0. The summed E-state index contributed by atoms with van der Waals surface area (Å²) in [5.74, 6) is -39.2. The van der Waals surface area contributed by atoms with Crippen LogP contribution in [-0.4, -0.2) is 53.5 Å². The van der Waals surface area contributed by atoms with Gasteiger partial charge in [-0.05, 0) is 25.5 Å². The Bertz CT molecular complexity index is 891. The molecular weight excluding hydrogens is 511 g/mol. The number of hydrogen-bond donors (Lipinski definition) is 1. The van der Waals surface area contributed by atoms with Crippen LogP contribution in [-0.2, 0) is 10.3 Å². The van der Waals surface area contributed by atoms with Crippen molar-refractivity contribution < 1.29 is 71.7 Å². The lowest BCUT2D eigenvalue weighted by atomic mass is 9.82. The third-order valence-electron chi connectivity index (χ3n) is 4.57. The van der Waals surface area contributed by atoms with E-state index in [0.717, 1.165) is 18.2 Å². The van der Waals surface area contributed by atoms with E-state index in [0.29, 0.717) is 6.07 Å². The summed E-state index contributed by atoms with van der Waals surface area (Å²) < 4.78 is 177. The molecule has 0 aliphatic rings. The molecular formula is C18H15F13O3. The molecule has 1 atom stereocenters. The molecule has 1 aromatic carbocycles. The maximum absolute atomic E-state index is 14.2. The SMILES string of the molecule is CCOC(=O)c1ccccc1C(C)(O)CC(F)(F)C(F)(F)C(F)(F)C(F)(F)C(F)(F)C(F)(F)F. The lowest BCUT2D eigenvalue weighted by Crippen LogP contribution is -2.70. The summed E-state index contributed by atoms with van der Waals surface area (Å²) in [5.41, 5.74) is -5.09. The second kappa shape index (κ2) is 8.75. The van der Waals surface area contributed by atoms with Gasteiger partial charge in [0.1, 0.15) is 0 Å². The van der Waals surface area contributed by atoms with Gasteiger partial charge in [0.15, 0.2) is 0 Å². The van der Waals surface area contributed by atoms with E-state index in [9.17, 15) is 67.0 Å². The summed E-state index contributed by atoms with van der Waals surface area (Å²) >= 11 is 0. The summed E-state index contributed by atoms with van der Waals surface area (Å²) in [6, 6.07) is 3.53. The predicted molar refractivity (Wildman–Crippen MR) is 87.4 cm³/mol. The van der Waals surface area contributed by atoms with Gasteiger partial charge in [-0.15, -0.1) is 0 Å².